The lowest BCUT2D eigenvalue weighted by molar-refractivity contribution is -0.114. The van der Waals surface area contributed by atoms with Gasteiger partial charge in [0.15, 0.2) is 5.78 Å². The Morgan fingerprint density at radius 3 is 2.43 bits per heavy atom. The number of ether oxygens (including phenoxy) is 1. The normalized spacial score (nSPS) is 10.5. The number of hydrogen-bond acceptors (Lipinski definition) is 7. The smallest absolute Gasteiger partial charge is 0.277 e. The van der Waals surface area contributed by atoms with Crippen LogP contribution in [-0.4, -0.2) is 34.8 Å². The molecular weight excluding hydrogens is 378 g/mol. The van der Waals surface area contributed by atoms with Crippen molar-refractivity contribution in [2.24, 2.45) is 0 Å². The summed E-state index contributed by atoms with van der Waals surface area (Å²) in [6, 6.07) is 14.4. The summed E-state index contributed by atoms with van der Waals surface area (Å²) in [6.45, 7) is 1.43. The minimum Gasteiger partial charge on any atom is -0.497 e. The third kappa shape index (κ3) is 5.43. The van der Waals surface area contributed by atoms with Crippen molar-refractivity contribution in [3.63, 3.8) is 0 Å². The molecule has 0 unspecified atom stereocenters. The lowest BCUT2D eigenvalue weighted by Gasteiger charge is -2.03. The molecule has 1 amide bonds. The standard InChI is InChI=1S/C20H19N3O4S/c1-13(24)21-16-7-5-15(6-8-16)18(25)12-28-20-23-22-19(27-20)11-14-3-9-17(26-2)10-4-14/h3-10H,11-12H2,1-2H3,(H,21,24). The number of nitrogens with zero attached hydrogens (tertiary/aromatic N) is 2. The van der Waals surface area contributed by atoms with Crippen molar-refractivity contribution < 1.29 is 18.7 Å². The van der Waals surface area contributed by atoms with Gasteiger partial charge in [0.2, 0.25) is 11.8 Å². The van der Waals surface area contributed by atoms with Gasteiger partial charge in [-0.25, -0.2) is 0 Å². The minimum absolute atomic E-state index is 0.0609. The Morgan fingerprint density at radius 1 is 1.07 bits per heavy atom. The number of amides is 1. The molecule has 7 nitrogen and oxygen atoms in total. The second kappa shape index (κ2) is 9.18. The van der Waals surface area contributed by atoms with Crippen LogP contribution in [0.15, 0.2) is 58.2 Å². The maximum absolute atomic E-state index is 12.3. The fourth-order valence-electron chi connectivity index (χ4n) is 2.44. The van der Waals surface area contributed by atoms with Crippen LogP contribution in [0.4, 0.5) is 5.69 Å². The van der Waals surface area contributed by atoms with E-state index in [-0.39, 0.29) is 17.4 Å². The minimum atomic E-state index is -0.156. The number of methoxy groups -OCH3 is 1. The molecule has 1 aromatic heterocycles. The predicted octanol–water partition coefficient (Wildman–Crippen LogP) is 3.60. The van der Waals surface area contributed by atoms with E-state index in [0.29, 0.717) is 28.8 Å². The number of rotatable bonds is 8. The Morgan fingerprint density at radius 2 is 1.79 bits per heavy atom. The van der Waals surface area contributed by atoms with Gasteiger partial charge in [-0.1, -0.05) is 23.9 Å². The Bertz CT molecular complexity index is 952. The first-order valence-corrected chi connectivity index (χ1v) is 9.51. The second-order valence-corrected chi connectivity index (χ2v) is 6.88. The van der Waals surface area contributed by atoms with Gasteiger partial charge in [0.05, 0.1) is 19.3 Å². The molecule has 0 saturated heterocycles. The van der Waals surface area contributed by atoms with Crippen LogP contribution < -0.4 is 10.1 Å². The average Bonchev–Trinajstić information content (AvgIpc) is 3.14. The first-order chi connectivity index (χ1) is 13.5. The molecule has 0 fully saturated rings. The van der Waals surface area contributed by atoms with Crippen LogP contribution in [0.2, 0.25) is 0 Å². The van der Waals surface area contributed by atoms with Crippen LogP contribution in [-0.2, 0) is 11.2 Å². The maximum atomic E-state index is 12.3. The fourth-order valence-corrected chi connectivity index (χ4v) is 3.11. The van der Waals surface area contributed by atoms with Crippen LogP contribution in [0.5, 0.6) is 5.75 Å². The van der Waals surface area contributed by atoms with Crippen molar-refractivity contribution in [1.29, 1.82) is 0 Å². The Kier molecular flexibility index (Phi) is 6.44. The number of ketones is 1. The molecule has 0 saturated carbocycles. The molecule has 0 atom stereocenters. The molecule has 0 bridgehead atoms. The van der Waals surface area contributed by atoms with Crippen molar-refractivity contribution in [2.45, 2.75) is 18.6 Å². The number of benzene rings is 2. The molecule has 3 rings (SSSR count). The fraction of sp³-hybridized carbons (Fsp3) is 0.200. The zero-order valence-electron chi connectivity index (χ0n) is 15.5. The highest BCUT2D eigenvalue weighted by atomic mass is 32.2. The molecule has 28 heavy (non-hydrogen) atoms. The van der Waals surface area contributed by atoms with Gasteiger partial charge in [0.25, 0.3) is 5.22 Å². The SMILES string of the molecule is COc1ccc(Cc2nnc(SCC(=O)c3ccc(NC(C)=O)cc3)o2)cc1. The van der Waals surface area contributed by atoms with Crippen LogP contribution in [0.1, 0.15) is 28.7 Å². The van der Waals surface area contributed by atoms with Crippen molar-refractivity contribution in [1.82, 2.24) is 10.2 Å². The van der Waals surface area contributed by atoms with E-state index in [1.54, 1.807) is 31.4 Å². The van der Waals surface area contributed by atoms with Gasteiger partial charge in [-0.2, -0.15) is 0 Å². The third-order valence-corrected chi connectivity index (χ3v) is 4.64. The van der Waals surface area contributed by atoms with E-state index >= 15 is 0 Å². The topological polar surface area (TPSA) is 94.3 Å². The summed E-state index contributed by atoms with van der Waals surface area (Å²) in [5, 5.41) is 11.0. The summed E-state index contributed by atoms with van der Waals surface area (Å²) < 4.78 is 10.7. The molecule has 0 radical (unpaired) electrons. The number of carbonyl (C=O) groups is 2. The number of anilines is 1. The Balaban J connectivity index is 1.53. The highest BCUT2D eigenvalue weighted by molar-refractivity contribution is 7.99. The molecule has 0 aliphatic rings. The van der Waals surface area contributed by atoms with Gasteiger partial charge in [-0.15, -0.1) is 10.2 Å². The highest BCUT2D eigenvalue weighted by Crippen LogP contribution is 2.20. The number of hydrogen-bond donors (Lipinski definition) is 1. The number of carbonyl (C=O) groups excluding carboxylic acids is 2. The van der Waals surface area contributed by atoms with E-state index in [4.69, 9.17) is 9.15 Å². The summed E-state index contributed by atoms with van der Waals surface area (Å²) in [5.74, 6) is 1.24. The third-order valence-electron chi connectivity index (χ3n) is 3.82. The molecule has 0 aliphatic heterocycles. The number of thioether (sulfide) groups is 1. The van der Waals surface area contributed by atoms with Gasteiger partial charge in [-0.3, -0.25) is 9.59 Å². The maximum Gasteiger partial charge on any atom is 0.277 e. The van der Waals surface area contributed by atoms with Gasteiger partial charge in [0.1, 0.15) is 5.75 Å². The number of aromatic nitrogens is 2. The molecule has 1 N–H and O–H groups in total. The lowest BCUT2D eigenvalue weighted by atomic mass is 10.1. The largest absolute Gasteiger partial charge is 0.497 e. The Hall–Kier alpha value is -3.13. The van der Waals surface area contributed by atoms with Crippen molar-refractivity contribution in [2.75, 3.05) is 18.2 Å². The van der Waals surface area contributed by atoms with E-state index < -0.39 is 0 Å². The van der Waals surface area contributed by atoms with Crippen LogP contribution in [0, 0.1) is 0 Å². The quantitative estimate of drug-likeness (QED) is 0.458. The molecule has 144 valence electrons. The van der Waals surface area contributed by atoms with Gasteiger partial charge in [-0.05, 0) is 42.0 Å². The molecule has 1 heterocycles. The summed E-state index contributed by atoms with van der Waals surface area (Å²) >= 11 is 1.20. The highest BCUT2D eigenvalue weighted by Gasteiger charge is 2.12. The number of Topliss-reactive ketones (excluding diaryl/α,β-unsaturated/α-hetero) is 1. The molecule has 2 aromatic carbocycles. The second-order valence-electron chi connectivity index (χ2n) is 5.96. The first-order valence-electron chi connectivity index (χ1n) is 8.52. The summed E-state index contributed by atoms with van der Waals surface area (Å²) in [5.41, 5.74) is 2.23. The van der Waals surface area contributed by atoms with Crippen LogP contribution >= 0.6 is 11.8 Å². The van der Waals surface area contributed by atoms with Gasteiger partial charge >= 0.3 is 0 Å². The van der Waals surface area contributed by atoms with E-state index in [1.807, 2.05) is 24.3 Å². The molecule has 0 aliphatic carbocycles. The lowest BCUT2D eigenvalue weighted by Crippen LogP contribution is -2.07. The first kappa shape index (κ1) is 19.6. The van der Waals surface area contributed by atoms with Crippen molar-refractivity contribution in [3.05, 3.63) is 65.5 Å². The average molecular weight is 397 g/mol. The summed E-state index contributed by atoms with van der Waals surface area (Å²) in [4.78, 5) is 23.3. The monoisotopic (exact) mass is 397 g/mol. The van der Waals surface area contributed by atoms with E-state index in [2.05, 4.69) is 15.5 Å². The Labute approximate surface area is 166 Å². The van der Waals surface area contributed by atoms with Gasteiger partial charge < -0.3 is 14.5 Å². The van der Waals surface area contributed by atoms with Gasteiger partial charge in [0, 0.05) is 18.2 Å². The molecule has 0 spiro atoms. The number of nitrogens with one attached hydrogen (secondary N) is 1. The predicted molar refractivity (Wildman–Crippen MR) is 106 cm³/mol. The van der Waals surface area contributed by atoms with E-state index in [1.165, 1.54) is 18.7 Å². The van der Waals surface area contributed by atoms with E-state index in [9.17, 15) is 9.59 Å². The zero-order chi connectivity index (χ0) is 19.9. The zero-order valence-corrected chi connectivity index (χ0v) is 16.3. The molecule has 3 aromatic rings. The van der Waals surface area contributed by atoms with Crippen LogP contribution in [0.25, 0.3) is 0 Å². The summed E-state index contributed by atoms with van der Waals surface area (Å²) in [7, 11) is 1.62. The molecule has 8 heteroatoms. The van der Waals surface area contributed by atoms with Crippen LogP contribution in [0.3, 0.4) is 0 Å². The van der Waals surface area contributed by atoms with Crippen molar-refractivity contribution in [3.8, 4) is 5.75 Å². The summed E-state index contributed by atoms with van der Waals surface area (Å²) in [6.07, 6.45) is 0.510. The van der Waals surface area contributed by atoms with E-state index in [0.717, 1.165) is 11.3 Å². The van der Waals surface area contributed by atoms with Crippen molar-refractivity contribution >= 4 is 29.1 Å². The molecular formula is C20H19N3O4S.